The van der Waals surface area contributed by atoms with E-state index in [1.54, 1.807) is 18.2 Å². The lowest BCUT2D eigenvalue weighted by Crippen LogP contribution is -2.13. The first-order chi connectivity index (χ1) is 8.31. The smallest absolute Gasteiger partial charge is 0.173 e. The summed E-state index contributed by atoms with van der Waals surface area (Å²) in [5.41, 5.74) is 6.12. The summed E-state index contributed by atoms with van der Waals surface area (Å²) in [4.78, 5) is 0. The average molecular weight is 265 g/mol. The minimum Gasteiger partial charge on any atom is -0.457 e. The molecular weight excluding hydrogens is 252 g/mol. The fourth-order valence-electron chi connectivity index (χ4n) is 1.44. The summed E-state index contributed by atoms with van der Waals surface area (Å²) in [5.74, 6) is 1.27. The Morgan fingerprint density at radius 2 is 1.61 bits per heavy atom. The Labute approximate surface area is 111 Å². The Balaban J connectivity index is 0.00000162. The highest BCUT2D eigenvalue weighted by Gasteiger charge is 2.07. The number of benzene rings is 2. The Bertz CT molecular complexity index is 530. The van der Waals surface area contributed by atoms with Crippen LogP contribution in [0.4, 0.5) is 0 Å². The molecule has 94 valence electrons. The van der Waals surface area contributed by atoms with Gasteiger partial charge < -0.3 is 15.7 Å². The van der Waals surface area contributed by atoms with E-state index in [1.165, 1.54) is 0 Å². The van der Waals surface area contributed by atoms with Gasteiger partial charge in [-0.3, -0.25) is 0 Å². The predicted octanol–water partition coefficient (Wildman–Crippen LogP) is 3.00. The molecule has 0 amide bonds. The van der Waals surface area contributed by atoms with E-state index in [2.05, 4.69) is 5.16 Å². The fourth-order valence-corrected chi connectivity index (χ4v) is 1.44. The molecule has 0 aliphatic rings. The molecule has 2 aromatic rings. The molecule has 0 heterocycles. The van der Waals surface area contributed by atoms with Gasteiger partial charge in [0.1, 0.15) is 11.5 Å². The SMILES string of the molecule is Cl.N/C(=N\O)c1ccccc1Oc1ccccc1. The molecule has 0 aliphatic heterocycles. The van der Waals surface area contributed by atoms with Gasteiger partial charge in [0.2, 0.25) is 0 Å². The van der Waals surface area contributed by atoms with E-state index in [9.17, 15) is 0 Å². The van der Waals surface area contributed by atoms with Crippen LogP contribution < -0.4 is 10.5 Å². The fraction of sp³-hybridized carbons (Fsp3) is 0. The topological polar surface area (TPSA) is 67.8 Å². The lowest BCUT2D eigenvalue weighted by atomic mass is 10.2. The van der Waals surface area contributed by atoms with E-state index in [4.69, 9.17) is 15.7 Å². The van der Waals surface area contributed by atoms with Crippen LogP contribution in [0.15, 0.2) is 59.8 Å². The van der Waals surface area contributed by atoms with Crippen molar-refractivity contribution in [2.24, 2.45) is 10.9 Å². The molecule has 3 N–H and O–H groups in total. The number of rotatable bonds is 3. The Hall–Kier alpha value is -2.20. The van der Waals surface area contributed by atoms with Crippen LogP contribution >= 0.6 is 12.4 Å². The second-order valence-corrected chi connectivity index (χ2v) is 3.40. The number of amidine groups is 1. The van der Waals surface area contributed by atoms with Crippen molar-refractivity contribution in [3.8, 4) is 11.5 Å². The second kappa shape index (κ2) is 6.51. The van der Waals surface area contributed by atoms with Gasteiger partial charge in [0.25, 0.3) is 0 Å². The molecule has 5 heteroatoms. The van der Waals surface area contributed by atoms with Gasteiger partial charge in [-0.1, -0.05) is 35.5 Å². The molecule has 0 bridgehead atoms. The van der Waals surface area contributed by atoms with Gasteiger partial charge in [0.05, 0.1) is 5.56 Å². The third kappa shape index (κ3) is 3.15. The maximum absolute atomic E-state index is 8.69. The maximum atomic E-state index is 8.69. The summed E-state index contributed by atoms with van der Waals surface area (Å²) in [6, 6.07) is 16.4. The largest absolute Gasteiger partial charge is 0.457 e. The minimum atomic E-state index is 0. The molecule has 18 heavy (non-hydrogen) atoms. The number of para-hydroxylation sites is 2. The molecule has 2 aromatic carbocycles. The van der Waals surface area contributed by atoms with Gasteiger partial charge in [0, 0.05) is 0 Å². The molecular formula is C13H13ClN2O2. The number of hydrogen-bond acceptors (Lipinski definition) is 3. The van der Waals surface area contributed by atoms with Gasteiger partial charge in [-0.15, -0.1) is 12.4 Å². The standard InChI is InChI=1S/C13H12N2O2.ClH/c14-13(15-16)11-8-4-5-9-12(11)17-10-6-2-1-3-7-10;/h1-9,16H,(H2,14,15);1H. The Morgan fingerprint density at radius 3 is 2.28 bits per heavy atom. The number of hydrogen-bond donors (Lipinski definition) is 2. The number of ether oxygens (including phenoxy) is 1. The zero-order valence-electron chi connectivity index (χ0n) is 9.48. The number of halogens is 1. The molecule has 0 fully saturated rings. The van der Waals surface area contributed by atoms with Crippen molar-refractivity contribution in [1.29, 1.82) is 0 Å². The van der Waals surface area contributed by atoms with E-state index in [0.717, 1.165) is 0 Å². The van der Waals surface area contributed by atoms with Crippen molar-refractivity contribution in [3.63, 3.8) is 0 Å². The number of nitrogens with zero attached hydrogens (tertiary/aromatic N) is 1. The summed E-state index contributed by atoms with van der Waals surface area (Å²) < 4.78 is 5.66. The summed E-state index contributed by atoms with van der Waals surface area (Å²) in [7, 11) is 0. The summed E-state index contributed by atoms with van der Waals surface area (Å²) in [6.45, 7) is 0. The highest BCUT2D eigenvalue weighted by molar-refractivity contribution is 5.99. The van der Waals surface area contributed by atoms with Crippen molar-refractivity contribution in [2.45, 2.75) is 0 Å². The maximum Gasteiger partial charge on any atom is 0.173 e. The van der Waals surface area contributed by atoms with Gasteiger partial charge in [-0.25, -0.2) is 0 Å². The second-order valence-electron chi connectivity index (χ2n) is 3.40. The molecule has 0 radical (unpaired) electrons. The zero-order chi connectivity index (χ0) is 12.1. The lowest BCUT2D eigenvalue weighted by molar-refractivity contribution is 0.318. The first-order valence-electron chi connectivity index (χ1n) is 5.11. The van der Waals surface area contributed by atoms with Crippen molar-refractivity contribution >= 4 is 18.2 Å². The van der Waals surface area contributed by atoms with E-state index in [1.807, 2.05) is 36.4 Å². The molecule has 0 unspecified atom stereocenters. The van der Waals surface area contributed by atoms with Crippen LogP contribution in [-0.2, 0) is 0 Å². The van der Waals surface area contributed by atoms with E-state index in [-0.39, 0.29) is 18.2 Å². The van der Waals surface area contributed by atoms with Crippen LogP contribution in [0.1, 0.15) is 5.56 Å². The molecule has 0 atom stereocenters. The highest BCUT2D eigenvalue weighted by Crippen LogP contribution is 2.24. The van der Waals surface area contributed by atoms with Gasteiger partial charge in [-0.05, 0) is 24.3 Å². The van der Waals surface area contributed by atoms with Crippen LogP contribution in [0.2, 0.25) is 0 Å². The predicted molar refractivity (Wildman–Crippen MR) is 72.7 cm³/mol. The minimum absolute atomic E-state index is 0. The summed E-state index contributed by atoms with van der Waals surface area (Å²) in [5, 5.41) is 11.7. The number of oxime groups is 1. The van der Waals surface area contributed by atoms with Crippen molar-refractivity contribution in [3.05, 3.63) is 60.2 Å². The van der Waals surface area contributed by atoms with Crippen LogP contribution in [0.3, 0.4) is 0 Å². The Morgan fingerprint density at radius 1 is 1.00 bits per heavy atom. The highest BCUT2D eigenvalue weighted by atomic mass is 35.5. The molecule has 0 spiro atoms. The van der Waals surface area contributed by atoms with Crippen LogP contribution in [0, 0.1) is 0 Å². The molecule has 0 aliphatic carbocycles. The molecule has 2 rings (SSSR count). The van der Waals surface area contributed by atoms with Crippen molar-refractivity contribution in [1.82, 2.24) is 0 Å². The van der Waals surface area contributed by atoms with E-state index in [0.29, 0.717) is 17.1 Å². The molecule has 0 saturated carbocycles. The third-order valence-electron chi connectivity index (χ3n) is 2.24. The first kappa shape index (κ1) is 13.9. The van der Waals surface area contributed by atoms with Gasteiger partial charge in [-0.2, -0.15) is 0 Å². The van der Waals surface area contributed by atoms with Gasteiger partial charge in [0.15, 0.2) is 5.84 Å². The van der Waals surface area contributed by atoms with Crippen molar-refractivity contribution in [2.75, 3.05) is 0 Å². The van der Waals surface area contributed by atoms with E-state index >= 15 is 0 Å². The van der Waals surface area contributed by atoms with Crippen molar-refractivity contribution < 1.29 is 9.94 Å². The molecule has 0 saturated heterocycles. The number of nitrogens with two attached hydrogens (primary N) is 1. The average Bonchev–Trinajstić information content (AvgIpc) is 2.40. The quantitative estimate of drug-likeness (QED) is 0.388. The summed E-state index contributed by atoms with van der Waals surface area (Å²) >= 11 is 0. The molecule has 0 aromatic heterocycles. The summed E-state index contributed by atoms with van der Waals surface area (Å²) in [6.07, 6.45) is 0. The van der Waals surface area contributed by atoms with Crippen LogP contribution in [0.25, 0.3) is 0 Å². The monoisotopic (exact) mass is 264 g/mol. The van der Waals surface area contributed by atoms with Gasteiger partial charge >= 0.3 is 0 Å². The normalized spacial score (nSPS) is 10.6. The third-order valence-corrected chi connectivity index (χ3v) is 2.24. The zero-order valence-corrected chi connectivity index (χ0v) is 10.3. The van der Waals surface area contributed by atoms with Crippen LogP contribution in [0.5, 0.6) is 11.5 Å². The lowest BCUT2D eigenvalue weighted by Gasteiger charge is -2.09. The Kier molecular flexibility index (Phi) is 5.02. The van der Waals surface area contributed by atoms with E-state index < -0.39 is 0 Å². The molecule has 4 nitrogen and oxygen atoms in total. The first-order valence-corrected chi connectivity index (χ1v) is 5.11. The van der Waals surface area contributed by atoms with Crippen LogP contribution in [-0.4, -0.2) is 11.0 Å².